The van der Waals surface area contributed by atoms with Gasteiger partial charge >= 0.3 is 5.97 Å². The molecule has 90 valence electrons. The smallest absolute Gasteiger partial charge is 0.341 e. The molecule has 0 atom stereocenters. The van der Waals surface area contributed by atoms with E-state index in [0.29, 0.717) is 11.5 Å². The zero-order valence-corrected chi connectivity index (χ0v) is 10.0. The van der Waals surface area contributed by atoms with Crippen LogP contribution in [0.5, 0.6) is 0 Å². The highest BCUT2D eigenvalue weighted by Gasteiger charge is 2.22. The molecule has 1 N–H and O–H groups in total. The van der Waals surface area contributed by atoms with Gasteiger partial charge in [0, 0.05) is 25.9 Å². The van der Waals surface area contributed by atoms with Crippen LogP contribution in [-0.2, 0) is 13.5 Å². The molecule has 0 aromatic carbocycles. The lowest BCUT2D eigenvalue weighted by Crippen LogP contribution is -2.10. The number of carbonyl (C=O) groups is 1. The van der Waals surface area contributed by atoms with Gasteiger partial charge in [0.1, 0.15) is 11.4 Å². The molecule has 0 radical (unpaired) electrons. The zero-order chi connectivity index (χ0) is 12.6. The molecule has 2 aromatic heterocycles. The molecule has 6 heteroatoms. The van der Waals surface area contributed by atoms with Crippen molar-refractivity contribution in [3.05, 3.63) is 29.5 Å². The Morgan fingerprint density at radius 2 is 2.24 bits per heavy atom. The second-order valence-electron chi connectivity index (χ2n) is 3.78. The van der Waals surface area contributed by atoms with Crippen LogP contribution in [0.25, 0.3) is 5.82 Å². The molecule has 2 rings (SSSR count). The maximum atomic E-state index is 11.3. The van der Waals surface area contributed by atoms with E-state index in [2.05, 4.69) is 10.1 Å². The second kappa shape index (κ2) is 4.04. The first-order chi connectivity index (χ1) is 8.06. The van der Waals surface area contributed by atoms with Crippen LogP contribution in [0.3, 0.4) is 0 Å². The Bertz CT molecular complexity index is 568. The fourth-order valence-corrected chi connectivity index (χ4v) is 1.96. The third-order valence-corrected chi connectivity index (χ3v) is 2.67. The van der Waals surface area contributed by atoms with E-state index < -0.39 is 5.97 Å². The van der Waals surface area contributed by atoms with E-state index >= 15 is 0 Å². The summed E-state index contributed by atoms with van der Waals surface area (Å²) in [6, 6.07) is 0. The van der Waals surface area contributed by atoms with E-state index in [-0.39, 0.29) is 5.56 Å². The molecule has 2 heterocycles. The molecule has 0 saturated carbocycles. The summed E-state index contributed by atoms with van der Waals surface area (Å²) in [5.74, 6) is 0.390. The SMILES string of the molecule is CCc1nccn1-c1c(C(=O)O)c(C)nn1C. The van der Waals surface area contributed by atoms with Crippen molar-refractivity contribution >= 4 is 5.97 Å². The summed E-state index contributed by atoms with van der Waals surface area (Å²) in [7, 11) is 1.73. The molecule has 0 amide bonds. The maximum Gasteiger partial charge on any atom is 0.341 e. The number of hydrogen-bond donors (Lipinski definition) is 1. The number of nitrogens with zero attached hydrogens (tertiary/aromatic N) is 4. The van der Waals surface area contributed by atoms with Crippen molar-refractivity contribution in [2.75, 3.05) is 0 Å². The van der Waals surface area contributed by atoms with E-state index in [1.807, 2.05) is 6.92 Å². The molecule has 0 spiro atoms. The first-order valence-corrected chi connectivity index (χ1v) is 5.35. The third-order valence-electron chi connectivity index (χ3n) is 2.67. The first kappa shape index (κ1) is 11.4. The summed E-state index contributed by atoms with van der Waals surface area (Å²) in [5, 5.41) is 13.4. The van der Waals surface area contributed by atoms with Crippen molar-refractivity contribution in [2.24, 2.45) is 7.05 Å². The molecule has 0 unspecified atom stereocenters. The molecule has 0 aliphatic carbocycles. The van der Waals surface area contributed by atoms with E-state index in [1.54, 1.807) is 35.6 Å². The van der Waals surface area contributed by atoms with Crippen molar-refractivity contribution in [3.8, 4) is 5.82 Å². The molecule has 17 heavy (non-hydrogen) atoms. The summed E-state index contributed by atoms with van der Waals surface area (Å²) >= 11 is 0. The Morgan fingerprint density at radius 1 is 1.53 bits per heavy atom. The normalized spacial score (nSPS) is 10.8. The Hall–Kier alpha value is -2.11. The van der Waals surface area contributed by atoms with Gasteiger partial charge in [-0.05, 0) is 6.92 Å². The van der Waals surface area contributed by atoms with Gasteiger partial charge in [0.05, 0.1) is 5.69 Å². The fourth-order valence-electron chi connectivity index (χ4n) is 1.96. The van der Waals surface area contributed by atoms with Crippen LogP contribution in [-0.4, -0.2) is 30.4 Å². The zero-order valence-electron chi connectivity index (χ0n) is 10.0. The molecular weight excluding hydrogens is 220 g/mol. The van der Waals surface area contributed by atoms with Gasteiger partial charge in [0.25, 0.3) is 0 Å². The molecule has 0 bridgehead atoms. The van der Waals surface area contributed by atoms with E-state index in [1.165, 1.54) is 0 Å². The summed E-state index contributed by atoms with van der Waals surface area (Å²) in [6.07, 6.45) is 4.14. The van der Waals surface area contributed by atoms with Gasteiger partial charge in [-0.1, -0.05) is 6.92 Å². The quantitative estimate of drug-likeness (QED) is 0.865. The van der Waals surface area contributed by atoms with Crippen LogP contribution in [0.4, 0.5) is 0 Å². The highest BCUT2D eigenvalue weighted by molar-refractivity contribution is 5.92. The fraction of sp³-hybridized carbons (Fsp3) is 0.364. The van der Waals surface area contributed by atoms with Crippen LogP contribution >= 0.6 is 0 Å². The largest absolute Gasteiger partial charge is 0.477 e. The van der Waals surface area contributed by atoms with Gasteiger partial charge < -0.3 is 5.11 Å². The average molecular weight is 234 g/mol. The lowest BCUT2D eigenvalue weighted by Gasteiger charge is -2.07. The Labute approximate surface area is 98.5 Å². The van der Waals surface area contributed by atoms with Gasteiger partial charge in [-0.25, -0.2) is 9.78 Å². The summed E-state index contributed by atoms with van der Waals surface area (Å²) in [5.41, 5.74) is 0.728. The monoisotopic (exact) mass is 234 g/mol. The second-order valence-corrected chi connectivity index (χ2v) is 3.78. The van der Waals surface area contributed by atoms with Gasteiger partial charge in [-0.15, -0.1) is 0 Å². The number of aromatic carboxylic acids is 1. The van der Waals surface area contributed by atoms with Crippen LogP contribution in [0.1, 0.15) is 28.8 Å². The number of aryl methyl sites for hydroxylation is 3. The molecule has 6 nitrogen and oxygen atoms in total. The van der Waals surface area contributed by atoms with E-state index in [0.717, 1.165) is 12.2 Å². The van der Waals surface area contributed by atoms with Crippen LogP contribution < -0.4 is 0 Å². The summed E-state index contributed by atoms with van der Waals surface area (Å²) < 4.78 is 3.34. The molecule has 0 aliphatic rings. The number of rotatable bonds is 3. The van der Waals surface area contributed by atoms with Gasteiger partial charge in [-0.2, -0.15) is 5.10 Å². The Balaban J connectivity index is 2.71. The highest BCUT2D eigenvalue weighted by atomic mass is 16.4. The minimum absolute atomic E-state index is 0.222. The molecule has 0 saturated heterocycles. The lowest BCUT2D eigenvalue weighted by atomic mass is 10.2. The van der Waals surface area contributed by atoms with Gasteiger partial charge in [0.15, 0.2) is 5.82 Å². The maximum absolute atomic E-state index is 11.3. The minimum atomic E-state index is -0.971. The molecule has 0 fully saturated rings. The van der Waals surface area contributed by atoms with Crippen molar-refractivity contribution in [2.45, 2.75) is 20.3 Å². The Kier molecular flexibility index (Phi) is 2.71. The third kappa shape index (κ3) is 1.71. The summed E-state index contributed by atoms with van der Waals surface area (Å²) in [4.78, 5) is 15.5. The van der Waals surface area contributed by atoms with Crippen molar-refractivity contribution in [3.63, 3.8) is 0 Å². The predicted octanol–water partition coefficient (Wildman–Crippen LogP) is 1.17. The summed E-state index contributed by atoms with van der Waals surface area (Å²) in [6.45, 7) is 3.66. The van der Waals surface area contributed by atoms with Crippen LogP contribution in [0.2, 0.25) is 0 Å². The predicted molar refractivity (Wildman–Crippen MR) is 61.4 cm³/mol. The van der Waals surface area contributed by atoms with E-state index in [4.69, 9.17) is 0 Å². The van der Waals surface area contributed by atoms with E-state index in [9.17, 15) is 9.90 Å². The van der Waals surface area contributed by atoms with Crippen molar-refractivity contribution < 1.29 is 9.90 Å². The first-order valence-electron chi connectivity index (χ1n) is 5.35. The van der Waals surface area contributed by atoms with Crippen LogP contribution in [0.15, 0.2) is 12.4 Å². The number of aromatic nitrogens is 4. The van der Waals surface area contributed by atoms with Crippen molar-refractivity contribution in [1.82, 2.24) is 19.3 Å². The van der Waals surface area contributed by atoms with Crippen LogP contribution in [0, 0.1) is 6.92 Å². The Morgan fingerprint density at radius 3 is 2.82 bits per heavy atom. The molecular formula is C11H14N4O2. The lowest BCUT2D eigenvalue weighted by molar-refractivity contribution is 0.0696. The molecule has 2 aromatic rings. The minimum Gasteiger partial charge on any atom is -0.477 e. The van der Waals surface area contributed by atoms with Gasteiger partial charge in [-0.3, -0.25) is 9.25 Å². The number of imidazole rings is 1. The average Bonchev–Trinajstić information content (AvgIpc) is 2.81. The molecule has 0 aliphatic heterocycles. The number of hydrogen-bond acceptors (Lipinski definition) is 3. The topological polar surface area (TPSA) is 72.9 Å². The van der Waals surface area contributed by atoms with Gasteiger partial charge in [0.2, 0.25) is 0 Å². The number of carboxylic acids is 1. The van der Waals surface area contributed by atoms with Crippen molar-refractivity contribution in [1.29, 1.82) is 0 Å². The highest BCUT2D eigenvalue weighted by Crippen LogP contribution is 2.19. The number of carboxylic acid groups (broad SMARTS) is 1. The standard InChI is InChI=1S/C11H14N4O2/c1-4-8-12-5-6-15(8)10-9(11(16)17)7(2)13-14(10)3/h5-6H,4H2,1-3H3,(H,16,17).